The van der Waals surface area contributed by atoms with Crippen molar-refractivity contribution in [1.82, 2.24) is 5.32 Å². The molecule has 19 heavy (non-hydrogen) atoms. The molecule has 102 valence electrons. The van der Waals surface area contributed by atoms with Crippen molar-refractivity contribution in [1.29, 1.82) is 0 Å². The lowest BCUT2D eigenvalue weighted by Crippen LogP contribution is -2.22. The summed E-state index contributed by atoms with van der Waals surface area (Å²) >= 11 is 13.9. The summed E-state index contributed by atoms with van der Waals surface area (Å²) in [5, 5.41) is 6.86. The van der Waals surface area contributed by atoms with Crippen LogP contribution < -0.4 is 10.1 Å². The van der Waals surface area contributed by atoms with Crippen LogP contribution in [0.2, 0.25) is 10.0 Å². The van der Waals surface area contributed by atoms with Gasteiger partial charge in [0.05, 0.1) is 18.2 Å². The molecule has 0 amide bonds. The molecule has 0 fully saturated rings. The number of halogens is 2. The molecule has 0 radical (unpaired) electrons. The summed E-state index contributed by atoms with van der Waals surface area (Å²) in [5.74, 6) is 0.767. The van der Waals surface area contributed by atoms with Gasteiger partial charge in [0, 0.05) is 15.5 Å². The molecule has 0 bridgehead atoms. The maximum absolute atomic E-state index is 6.25. The van der Waals surface area contributed by atoms with Crippen LogP contribution >= 0.6 is 34.5 Å². The van der Waals surface area contributed by atoms with Crippen LogP contribution in [0, 0.1) is 0 Å². The molecule has 0 aliphatic heterocycles. The summed E-state index contributed by atoms with van der Waals surface area (Å²) in [4.78, 5) is 1.09. The van der Waals surface area contributed by atoms with Crippen molar-refractivity contribution in [2.24, 2.45) is 0 Å². The van der Waals surface area contributed by atoms with Crippen molar-refractivity contribution in [3.63, 3.8) is 0 Å². The summed E-state index contributed by atoms with van der Waals surface area (Å²) in [7, 11) is 1.65. The van der Waals surface area contributed by atoms with Crippen LogP contribution in [0.5, 0.6) is 5.75 Å². The van der Waals surface area contributed by atoms with Crippen molar-refractivity contribution in [3.8, 4) is 5.75 Å². The van der Waals surface area contributed by atoms with Crippen molar-refractivity contribution in [2.45, 2.75) is 13.0 Å². The highest BCUT2D eigenvalue weighted by Gasteiger charge is 2.21. The largest absolute Gasteiger partial charge is 0.496 e. The van der Waals surface area contributed by atoms with Crippen LogP contribution in [0.4, 0.5) is 0 Å². The third-order valence-electron chi connectivity index (χ3n) is 2.82. The van der Waals surface area contributed by atoms with Gasteiger partial charge in [-0.05, 0) is 30.1 Å². The second-order valence-electron chi connectivity index (χ2n) is 4.01. The SMILES string of the molecule is CCNC(c1ccc(Cl)cc1OC)c1sccc1Cl. The topological polar surface area (TPSA) is 21.3 Å². The molecule has 0 saturated heterocycles. The normalized spacial score (nSPS) is 12.4. The minimum atomic E-state index is 0.0183. The molecule has 1 aromatic carbocycles. The van der Waals surface area contributed by atoms with Gasteiger partial charge in [-0.25, -0.2) is 0 Å². The Morgan fingerprint density at radius 3 is 2.68 bits per heavy atom. The van der Waals surface area contributed by atoms with Crippen molar-refractivity contribution < 1.29 is 4.74 Å². The summed E-state index contributed by atoms with van der Waals surface area (Å²) < 4.78 is 5.43. The molecule has 0 spiro atoms. The Hall–Kier alpha value is -0.740. The van der Waals surface area contributed by atoms with E-state index in [-0.39, 0.29) is 6.04 Å². The van der Waals surface area contributed by atoms with Crippen LogP contribution in [0.3, 0.4) is 0 Å². The summed E-state index contributed by atoms with van der Waals surface area (Å²) in [6.07, 6.45) is 0. The van der Waals surface area contributed by atoms with Crippen LogP contribution in [0.15, 0.2) is 29.6 Å². The third-order valence-corrected chi connectivity index (χ3v) is 4.48. The Kier molecular flexibility index (Phi) is 5.11. The monoisotopic (exact) mass is 315 g/mol. The average Bonchev–Trinajstić information content (AvgIpc) is 2.82. The number of methoxy groups -OCH3 is 1. The molecular weight excluding hydrogens is 301 g/mol. The zero-order valence-corrected chi connectivity index (χ0v) is 13.1. The zero-order chi connectivity index (χ0) is 13.8. The molecule has 1 N–H and O–H groups in total. The van der Waals surface area contributed by atoms with E-state index in [4.69, 9.17) is 27.9 Å². The molecule has 1 atom stereocenters. The van der Waals surface area contributed by atoms with E-state index in [0.717, 1.165) is 27.8 Å². The first kappa shape index (κ1) is 14.7. The van der Waals surface area contributed by atoms with E-state index < -0.39 is 0 Å². The maximum Gasteiger partial charge on any atom is 0.125 e. The molecular formula is C14H15Cl2NOS. The Labute approximate surface area is 127 Å². The Morgan fingerprint density at radius 2 is 2.11 bits per heavy atom. The summed E-state index contributed by atoms with van der Waals surface area (Å²) in [5.41, 5.74) is 1.04. The highest BCUT2D eigenvalue weighted by molar-refractivity contribution is 7.10. The maximum atomic E-state index is 6.25. The minimum Gasteiger partial charge on any atom is -0.496 e. The van der Waals surface area contributed by atoms with Gasteiger partial charge in [0.25, 0.3) is 0 Å². The average molecular weight is 316 g/mol. The van der Waals surface area contributed by atoms with Crippen molar-refractivity contribution in [3.05, 3.63) is 50.1 Å². The number of nitrogens with one attached hydrogen (secondary N) is 1. The van der Waals surface area contributed by atoms with Crippen molar-refractivity contribution in [2.75, 3.05) is 13.7 Å². The number of hydrogen-bond donors (Lipinski definition) is 1. The van der Waals surface area contributed by atoms with Crippen LogP contribution in [0.1, 0.15) is 23.4 Å². The zero-order valence-electron chi connectivity index (χ0n) is 10.7. The molecule has 2 rings (SSSR count). The minimum absolute atomic E-state index is 0.0183. The van der Waals surface area contributed by atoms with Gasteiger partial charge in [0.15, 0.2) is 0 Å². The molecule has 2 nitrogen and oxygen atoms in total. The molecule has 0 saturated carbocycles. The Balaban J connectivity index is 2.48. The molecule has 0 aliphatic carbocycles. The fourth-order valence-electron chi connectivity index (χ4n) is 1.98. The van der Waals surface area contributed by atoms with E-state index in [1.165, 1.54) is 0 Å². The van der Waals surface area contributed by atoms with Crippen LogP contribution in [-0.4, -0.2) is 13.7 Å². The first-order valence-electron chi connectivity index (χ1n) is 5.97. The lowest BCUT2D eigenvalue weighted by atomic mass is 10.0. The number of rotatable bonds is 5. The van der Waals surface area contributed by atoms with Gasteiger partial charge in [0.1, 0.15) is 5.75 Å². The van der Waals surface area contributed by atoms with Gasteiger partial charge in [-0.2, -0.15) is 0 Å². The number of hydrogen-bond acceptors (Lipinski definition) is 3. The van der Waals surface area contributed by atoms with E-state index >= 15 is 0 Å². The van der Waals surface area contributed by atoms with Gasteiger partial charge < -0.3 is 10.1 Å². The summed E-state index contributed by atoms with van der Waals surface area (Å²) in [6, 6.07) is 7.59. The molecule has 2 aromatic rings. The standard InChI is InChI=1S/C14H15Cl2NOS/c1-3-17-13(14-11(16)6-7-19-14)10-5-4-9(15)8-12(10)18-2/h4-8,13,17H,3H2,1-2H3. The number of thiophene rings is 1. The Morgan fingerprint density at radius 1 is 1.32 bits per heavy atom. The second kappa shape index (κ2) is 6.62. The van der Waals surface area contributed by atoms with E-state index in [9.17, 15) is 0 Å². The molecule has 0 aliphatic rings. The van der Waals surface area contributed by atoms with Gasteiger partial charge in [-0.3, -0.25) is 0 Å². The lowest BCUT2D eigenvalue weighted by Gasteiger charge is -2.20. The fourth-order valence-corrected chi connectivity index (χ4v) is 3.40. The molecule has 1 aromatic heterocycles. The van der Waals surface area contributed by atoms with Gasteiger partial charge in [-0.1, -0.05) is 36.2 Å². The number of benzene rings is 1. The van der Waals surface area contributed by atoms with E-state index in [1.54, 1.807) is 18.4 Å². The third kappa shape index (κ3) is 3.23. The van der Waals surface area contributed by atoms with E-state index in [0.29, 0.717) is 5.02 Å². The molecule has 1 heterocycles. The highest BCUT2D eigenvalue weighted by atomic mass is 35.5. The quantitative estimate of drug-likeness (QED) is 0.858. The van der Waals surface area contributed by atoms with Gasteiger partial charge in [0.2, 0.25) is 0 Å². The van der Waals surface area contributed by atoms with Crippen molar-refractivity contribution >= 4 is 34.5 Å². The number of ether oxygens (including phenoxy) is 1. The van der Waals surface area contributed by atoms with Gasteiger partial charge >= 0.3 is 0 Å². The van der Waals surface area contributed by atoms with Crippen LogP contribution in [0.25, 0.3) is 0 Å². The predicted molar refractivity (Wildman–Crippen MR) is 82.9 cm³/mol. The first-order chi connectivity index (χ1) is 9.17. The van der Waals surface area contributed by atoms with E-state index in [1.807, 2.05) is 29.6 Å². The van der Waals surface area contributed by atoms with Gasteiger partial charge in [-0.15, -0.1) is 11.3 Å². The molecule has 5 heteroatoms. The predicted octanol–water partition coefficient (Wildman–Crippen LogP) is 4.76. The highest BCUT2D eigenvalue weighted by Crippen LogP contribution is 2.37. The first-order valence-corrected chi connectivity index (χ1v) is 7.60. The fraction of sp³-hybridized carbons (Fsp3) is 0.286. The Bertz CT molecular complexity index is 556. The second-order valence-corrected chi connectivity index (χ2v) is 5.80. The van der Waals surface area contributed by atoms with Crippen LogP contribution in [-0.2, 0) is 0 Å². The lowest BCUT2D eigenvalue weighted by molar-refractivity contribution is 0.405. The summed E-state index contributed by atoms with van der Waals surface area (Å²) in [6.45, 7) is 2.90. The molecule has 1 unspecified atom stereocenters. The van der Waals surface area contributed by atoms with E-state index in [2.05, 4.69) is 12.2 Å². The smallest absolute Gasteiger partial charge is 0.125 e.